The largest absolute Gasteiger partial charge is 2.00 e. The second kappa shape index (κ2) is 22.4. The Morgan fingerprint density at radius 2 is 1.71 bits per heavy atom. The van der Waals surface area contributed by atoms with Crippen molar-refractivity contribution in [1.82, 2.24) is 4.98 Å². The van der Waals surface area contributed by atoms with Gasteiger partial charge >= 0.3 is 31.1 Å². The van der Waals surface area contributed by atoms with Gasteiger partial charge in [-0.15, -0.1) is 23.8 Å². The van der Waals surface area contributed by atoms with E-state index in [2.05, 4.69) is 36.8 Å². The number of halogens is 1. The number of benzene rings is 1. The van der Waals surface area contributed by atoms with E-state index in [9.17, 15) is 4.39 Å². The van der Waals surface area contributed by atoms with Crippen LogP contribution in [0.25, 0.3) is 5.70 Å². The fraction of sp³-hybridized carbons (Fsp3) is 0.545. The number of nitrogens with two attached hydrogens (primary N) is 1. The zero-order valence-electron chi connectivity index (χ0n) is 25.3. The molecular weight excluding hydrogens is 695 g/mol. The summed E-state index contributed by atoms with van der Waals surface area (Å²) in [6.45, 7) is 15.3. The van der Waals surface area contributed by atoms with Gasteiger partial charge in [-0.2, -0.15) is 0 Å². The van der Waals surface area contributed by atoms with E-state index in [0.717, 1.165) is 35.4 Å². The van der Waals surface area contributed by atoms with Crippen molar-refractivity contribution in [2.45, 2.75) is 106 Å². The van der Waals surface area contributed by atoms with Crippen LogP contribution >= 0.6 is 0 Å². The molecule has 1 aliphatic carbocycles. The van der Waals surface area contributed by atoms with E-state index in [1.807, 2.05) is 45.9 Å². The molecule has 1 fully saturated rings. The van der Waals surface area contributed by atoms with Crippen molar-refractivity contribution in [1.29, 1.82) is 0 Å². The Balaban J connectivity index is 0. The van der Waals surface area contributed by atoms with Crippen molar-refractivity contribution in [3.05, 3.63) is 78.2 Å². The minimum Gasteiger partial charge on any atom is -0.398 e. The zero-order chi connectivity index (χ0) is 26.9. The number of hydrogen-bond acceptors (Lipinski definition) is 3. The van der Waals surface area contributed by atoms with E-state index in [1.54, 1.807) is 12.4 Å². The molecule has 2 heterocycles. The van der Waals surface area contributed by atoms with Gasteiger partial charge in [-0.05, 0) is 48.1 Å². The van der Waals surface area contributed by atoms with E-state index in [0.29, 0.717) is 29.4 Å². The van der Waals surface area contributed by atoms with Crippen molar-refractivity contribution in [2.75, 3.05) is 6.54 Å². The summed E-state index contributed by atoms with van der Waals surface area (Å²) in [6.07, 6.45) is 16.0. The molecule has 1 aromatic heterocycles. The molecule has 4 rings (SSSR count). The fourth-order valence-electron chi connectivity index (χ4n) is 3.90. The average Bonchev–Trinajstić information content (AvgIpc) is 3.79. The number of aromatic nitrogens is 1. The van der Waals surface area contributed by atoms with Crippen LogP contribution in [0.5, 0.6) is 0 Å². The first-order chi connectivity index (χ1) is 17.5. The summed E-state index contributed by atoms with van der Waals surface area (Å²) >= 11 is 0. The molecule has 1 atom stereocenters. The number of fused-ring (bicyclic) bond motifs is 1. The molecule has 0 saturated heterocycles. The summed E-state index contributed by atoms with van der Waals surface area (Å²) in [7, 11) is 0. The molecule has 2 aliphatic rings. The first-order valence-corrected chi connectivity index (χ1v) is 14.2. The minimum absolute atomic E-state index is 0. The smallest absolute Gasteiger partial charge is 0.398 e. The number of hydrogen-bond donors (Lipinski definition) is 1. The third kappa shape index (κ3) is 12.6. The molecule has 5 heteroatoms. The normalized spacial score (nSPS) is 13.9. The average molecular weight is 748 g/mol. The molecule has 3 nitrogen and oxygen atoms in total. The standard InChI is InChI=1S/C18H15FN3.C10H22.2C2H6.CH3.U/c19-16-4-3-12(11-1-2-11)9-14(16)18-13-5-7-21-10-15(13)17(20)6-8-22-18;1-4-6-7-8-9-10(3)5-2;2*1-2;;/h3-7,10-11H,1-2,8,20H2;10H,4-9H2,1-3H3;2*1-2H3;1H3;/q-1;;;;-1;+2. The predicted molar refractivity (Wildman–Crippen MR) is 161 cm³/mol. The Morgan fingerprint density at radius 3 is 2.32 bits per heavy atom. The number of pyridine rings is 1. The molecule has 0 spiro atoms. The van der Waals surface area contributed by atoms with E-state index < -0.39 is 0 Å². The number of aliphatic imine (C=N–C) groups is 1. The van der Waals surface area contributed by atoms with Gasteiger partial charge in [0, 0.05) is 36.0 Å². The van der Waals surface area contributed by atoms with E-state index in [1.165, 1.54) is 44.6 Å². The molecule has 2 aromatic rings. The molecule has 1 saturated carbocycles. The van der Waals surface area contributed by atoms with Crippen LogP contribution in [0.1, 0.15) is 128 Å². The van der Waals surface area contributed by atoms with Gasteiger partial charge in [0.25, 0.3) is 0 Å². The van der Waals surface area contributed by atoms with Crippen molar-refractivity contribution in [3.8, 4) is 0 Å². The van der Waals surface area contributed by atoms with Crippen LogP contribution in [0.2, 0.25) is 0 Å². The van der Waals surface area contributed by atoms with Gasteiger partial charge < -0.3 is 18.2 Å². The fourth-order valence-corrected chi connectivity index (χ4v) is 3.90. The maximum absolute atomic E-state index is 14.4. The van der Waals surface area contributed by atoms with Gasteiger partial charge in [0.1, 0.15) is 0 Å². The second-order valence-corrected chi connectivity index (χ2v) is 9.04. The van der Waals surface area contributed by atoms with Crippen molar-refractivity contribution < 1.29 is 35.5 Å². The number of rotatable bonds is 8. The maximum atomic E-state index is 14.4. The minimum atomic E-state index is -0.300. The summed E-state index contributed by atoms with van der Waals surface area (Å²) in [5.41, 5.74) is 10.4. The second-order valence-electron chi connectivity index (χ2n) is 9.04. The summed E-state index contributed by atoms with van der Waals surface area (Å²) in [5, 5.41) is 0. The number of nitrogens with zero attached hydrogens (tertiary/aromatic N) is 2. The Morgan fingerprint density at radius 1 is 1.03 bits per heavy atom. The van der Waals surface area contributed by atoms with Gasteiger partial charge in [-0.3, -0.25) is 9.37 Å². The van der Waals surface area contributed by atoms with Crippen molar-refractivity contribution in [3.63, 3.8) is 0 Å². The van der Waals surface area contributed by atoms with Gasteiger partial charge in [-0.25, -0.2) is 0 Å². The van der Waals surface area contributed by atoms with Gasteiger partial charge in [-0.1, -0.05) is 92.6 Å². The Hall–Kier alpha value is -1.44. The predicted octanol–water partition coefficient (Wildman–Crippen LogP) is 9.55. The van der Waals surface area contributed by atoms with Gasteiger partial charge in [0.05, 0.1) is 0 Å². The van der Waals surface area contributed by atoms with Crippen LogP contribution in [0.15, 0.2) is 41.7 Å². The summed E-state index contributed by atoms with van der Waals surface area (Å²) in [4.78, 5) is 8.64. The molecule has 1 unspecified atom stereocenters. The molecule has 1 aromatic carbocycles. The third-order valence-electron chi connectivity index (χ3n) is 6.37. The van der Waals surface area contributed by atoms with Crippen LogP contribution in [-0.4, -0.2) is 17.2 Å². The molecule has 1 aliphatic heterocycles. The summed E-state index contributed by atoms with van der Waals surface area (Å²) < 4.78 is 14.4. The molecular formula is C33H52FN3U. The molecule has 0 bridgehead atoms. The number of unbranched alkanes of at least 4 members (excludes halogenated alkanes) is 3. The molecule has 0 amide bonds. The summed E-state index contributed by atoms with van der Waals surface area (Å²) in [6, 6.07) is 8.41. The van der Waals surface area contributed by atoms with Crippen LogP contribution in [0.3, 0.4) is 0 Å². The van der Waals surface area contributed by atoms with Crippen LogP contribution in [0, 0.1) is 56.3 Å². The first kappa shape index (κ1) is 38.7. The molecule has 0 radical (unpaired) electrons. The monoisotopic (exact) mass is 747 g/mol. The topological polar surface area (TPSA) is 51.3 Å². The first-order valence-electron chi connectivity index (χ1n) is 14.2. The Bertz CT molecular complexity index is 951. The summed E-state index contributed by atoms with van der Waals surface area (Å²) in [5.74, 6) is 1.18. The molecule has 38 heavy (non-hydrogen) atoms. The third-order valence-corrected chi connectivity index (χ3v) is 6.37. The van der Waals surface area contributed by atoms with Gasteiger partial charge in [0.2, 0.25) is 0 Å². The van der Waals surface area contributed by atoms with Gasteiger partial charge in [0.15, 0.2) is 0 Å². The zero-order valence-corrected chi connectivity index (χ0v) is 29.5. The van der Waals surface area contributed by atoms with Crippen LogP contribution < -0.4 is 5.73 Å². The van der Waals surface area contributed by atoms with Crippen molar-refractivity contribution >= 4 is 11.4 Å². The van der Waals surface area contributed by atoms with E-state index >= 15 is 0 Å². The Labute approximate surface area is 257 Å². The van der Waals surface area contributed by atoms with Crippen LogP contribution in [-0.2, 0) is 0 Å². The maximum Gasteiger partial charge on any atom is 2.00 e. The Kier molecular flexibility index (Phi) is 22.8. The van der Waals surface area contributed by atoms with E-state index in [-0.39, 0.29) is 44.4 Å². The van der Waals surface area contributed by atoms with Crippen LogP contribution in [0.4, 0.5) is 4.39 Å². The SMILES string of the molecule is CC.CC.CCCCCCC(C)CC.NC1=CCN=C(c2[c-]c(C3CC3)ccc2F)c2ccncc21.[CH3-].[U+2]. The van der Waals surface area contributed by atoms with Crippen molar-refractivity contribution in [2.24, 2.45) is 16.6 Å². The molecule has 2 N–H and O–H groups in total. The quantitative estimate of drug-likeness (QED) is 0.216. The molecule has 210 valence electrons. The van der Waals surface area contributed by atoms with E-state index in [4.69, 9.17) is 5.73 Å².